The van der Waals surface area contributed by atoms with E-state index < -0.39 is 11.9 Å². The molecule has 3 rings (SSSR count). The minimum atomic E-state index is -0.653. The predicted molar refractivity (Wildman–Crippen MR) is 74.1 cm³/mol. The van der Waals surface area contributed by atoms with Crippen LogP contribution in [0.15, 0.2) is 42.5 Å². The highest BCUT2D eigenvalue weighted by molar-refractivity contribution is 7.12. The molecule has 0 saturated carbocycles. The summed E-state index contributed by atoms with van der Waals surface area (Å²) in [5, 5.41) is 10.4. The number of aliphatic hydroxyl groups is 1. The predicted octanol–water partition coefficient (Wildman–Crippen LogP) is 3.05. The maximum atomic E-state index is 10.4. The van der Waals surface area contributed by atoms with Gasteiger partial charge in [-0.05, 0) is 24.6 Å². The maximum Gasteiger partial charge on any atom is 0.201 e. The minimum Gasteiger partial charge on any atom is -0.383 e. The molecule has 1 aromatic carbocycles. The highest BCUT2D eigenvalue weighted by Gasteiger charge is 2.35. The molecule has 0 amide bonds. The summed E-state index contributed by atoms with van der Waals surface area (Å²) in [5.41, 5.74) is 0.898. The lowest BCUT2D eigenvalue weighted by Crippen LogP contribution is -2.20. The Hall–Kier alpha value is -1.20. The van der Waals surface area contributed by atoms with Crippen molar-refractivity contribution in [1.82, 2.24) is 0 Å². The number of hydrogen-bond acceptors (Lipinski definition) is 4. The minimum absolute atomic E-state index is 0.593. The fraction of sp³-hybridized carbons (Fsp3) is 0.333. The Bertz CT molecular complexity index is 544. The van der Waals surface area contributed by atoms with Crippen molar-refractivity contribution >= 4 is 11.3 Å². The number of benzene rings is 1. The molecule has 1 N–H and O–H groups in total. The van der Waals surface area contributed by atoms with E-state index in [0.29, 0.717) is 13.2 Å². The number of aliphatic hydroxyl groups excluding tert-OH is 1. The van der Waals surface area contributed by atoms with Crippen molar-refractivity contribution in [2.75, 3.05) is 13.2 Å². The van der Waals surface area contributed by atoms with Crippen molar-refractivity contribution in [3.63, 3.8) is 0 Å². The summed E-state index contributed by atoms with van der Waals surface area (Å²) in [6, 6.07) is 13.6. The molecule has 0 aliphatic carbocycles. The molecule has 1 saturated heterocycles. The SMILES string of the molecule is CC1(c2ccc([C@@H](O)c3ccccc3)s2)OCCO1. The number of rotatable bonds is 3. The van der Waals surface area contributed by atoms with E-state index in [1.807, 2.05) is 49.4 Å². The van der Waals surface area contributed by atoms with Crippen molar-refractivity contribution in [2.24, 2.45) is 0 Å². The number of thiophene rings is 1. The second-order valence-corrected chi connectivity index (χ2v) is 5.77. The van der Waals surface area contributed by atoms with Crippen molar-refractivity contribution in [2.45, 2.75) is 18.8 Å². The van der Waals surface area contributed by atoms with Crippen LogP contribution in [0.25, 0.3) is 0 Å². The van der Waals surface area contributed by atoms with E-state index in [1.54, 1.807) is 0 Å². The van der Waals surface area contributed by atoms with E-state index in [2.05, 4.69) is 0 Å². The van der Waals surface area contributed by atoms with E-state index >= 15 is 0 Å². The van der Waals surface area contributed by atoms with Gasteiger partial charge in [-0.1, -0.05) is 30.3 Å². The van der Waals surface area contributed by atoms with Crippen LogP contribution in [0.4, 0.5) is 0 Å². The summed E-state index contributed by atoms with van der Waals surface area (Å²) in [5.74, 6) is -0.653. The van der Waals surface area contributed by atoms with E-state index in [0.717, 1.165) is 15.3 Å². The van der Waals surface area contributed by atoms with Crippen molar-refractivity contribution < 1.29 is 14.6 Å². The molecule has 0 unspecified atom stereocenters. The second-order valence-electron chi connectivity index (χ2n) is 4.66. The van der Waals surface area contributed by atoms with E-state index in [-0.39, 0.29) is 0 Å². The number of hydrogen-bond donors (Lipinski definition) is 1. The van der Waals surface area contributed by atoms with Gasteiger partial charge in [0.15, 0.2) is 0 Å². The third-order valence-corrected chi connectivity index (χ3v) is 4.62. The molecule has 0 bridgehead atoms. The Morgan fingerprint density at radius 3 is 2.47 bits per heavy atom. The van der Waals surface area contributed by atoms with E-state index in [4.69, 9.17) is 9.47 Å². The monoisotopic (exact) mass is 276 g/mol. The third kappa shape index (κ3) is 2.44. The Balaban J connectivity index is 1.85. The summed E-state index contributed by atoms with van der Waals surface area (Å²) in [4.78, 5) is 1.90. The maximum absolute atomic E-state index is 10.4. The van der Waals surface area contributed by atoms with E-state index in [9.17, 15) is 5.11 Å². The molecule has 2 aromatic rings. The first-order valence-corrected chi connectivity index (χ1v) is 7.12. The van der Waals surface area contributed by atoms with Crippen molar-refractivity contribution in [1.29, 1.82) is 0 Å². The van der Waals surface area contributed by atoms with Gasteiger partial charge >= 0.3 is 0 Å². The highest BCUT2D eigenvalue weighted by atomic mass is 32.1. The van der Waals surface area contributed by atoms with Crippen LogP contribution in [-0.2, 0) is 15.3 Å². The van der Waals surface area contributed by atoms with Crippen LogP contribution in [0.3, 0.4) is 0 Å². The smallest absolute Gasteiger partial charge is 0.201 e. The zero-order chi connectivity index (χ0) is 13.3. The van der Waals surface area contributed by atoms with Crippen LogP contribution < -0.4 is 0 Å². The molecule has 1 atom stereocenters. The van der Waals surface area contributed by atoms with Gasteiger partial charge in [-0.15, -0.1) is 11.3 Å². The van der Waals surface area contributed by atoms with Crippen molar-refractivity contribution in [3.8, 4) is 0 Å². The van der Waals surface area contributed by atoms with Gasteiger partial charge in [0.1, 0.15) is 6.10 Å². The summed E-state index contributed by atoms with van der Waals surface area (Å²) < 4.78 is 11.3. The largest absolute Gasteiger partial charge is 0.383 e. The van der Waals surface area contributed by atoms with Crippen LogP contribution in [0, 0.1) is 0 Å². The van der Waals surface area contributed by atoms with Gasteiger partial charge in [0.2, 0.25) is 5.79 Å². The van der Waals surface area contributed by atoms with Crippen LogP contribution in [0.2, 0.25) is 0 Å². The molecule has 19 heavy (non-hydrogen) atoms. The van der Waals surface area contributed by atoms with Gasteiger partial charge in [-0.3, -0.25) is 0 Å². The molecule has 4 heteroatoms. The van der Waals surface area contributed by atoms with Gasteiger partial charge < -0.3 is 14.6 Å². The molecule has 1 aromatic heterocycles. The van der Waals surface area contributed by atoms with Crippen LogP contribution >= 0.6 is 11.3 Å². The van der Waals surface area contributed by atoms with Crippen molar-refractivity contribution in [3.05, 3.63) is 57.8 Å². The summed E-state index contributed by atoms with van der Waals surface area (Å²) in [7, 11) is 0. The number of ether oxygens (including phenoxy) is 2. The second kappa shape index (κ2) is 5.06. The zero-order valence-electron chi connectivity index (χ0n) is 10.7. The molecule has 2 heterocycles. The first kappa shape index (κ1) is 12.8. The Morgan fingerprint density at radius 1 is 1.11 bits per heavy atom. The first-order chi connectivity index (χ1) is 9.19. The fourth-order valence-electron chi connectivity index (χ4n) is 2.20. The van der Waals surface area contributed by atoms with Crippen LogP contribution in [0.5, 0.6) is 0 Å². The summed E-state index contributed by atoms with van der Waals surface area (Å²) in [6.45, 7) is 3.15. The molecule has 3 nitrogen and oxygen atoms in total. The molecule has 100 valence electrons. The van der Waals surface area contributed by atoms with Gasteiger partial charge in [-0.2, -0.15) is 0 Å². The highest BCUT2D eigenvalue weighted by Crippen LogP contribution is 2.38. The Labute approximate surface area is 116 Å². The van der Waals surface area contributed by atoms with E-state index in [1.165, 1.54) is 11.3 Å². The average Bonchev–Trinajstić information content (AvgIpc) is 3.08. The molecule has 1 fully saturated rings. The lowest BCUT2D eigenvalue weighted by Gasteiger charge is -2.20. The van der Waals surface area contributed by atoms with Gasteiger partial charge in [0.25, 0.3) is 0 Å². The van der Waals surface area contributed by atoms with Gasteiger partial charge in [-0.25, -0.2) is 0 Å². The average molecular weight is 276 g/mol. The topological polar surface area (TPSA) is 38.7 Å². The molecule has 1 aliphatic heterocycles. The fourth-order valence-corrected chi connectivity index (χ4v) is 3.28. The molecule has 0 radical (unpaired) electrons. The van der Waals surface area contributed by atoms with Crippen LogP contribution in [-0.4, -0.2) is 18.3 Å². The van der Waals surface area contributed by atoms with Crippen LogP contribution in [0.1, 0.15) is 28.3 Å². The summed E-state index contributed by atoms with van der Waals surface area (Å²) in [6.07, 6.45) is -0.593. The van der Waals surface area contributed by atoms with Gasteiger partial charge in [0, 0.05) is 4.88 Å². The van der Waals surface area contributed by atoms with Gasteiger partial charge in [0.05, 0.1) is 18.1 Å². The Kier molecular flexibility index (Phi) is 3.41. The zero-order valence-corrected chi connectivity index (χ0v) is 11.5. The standard InChI is InChI=1S/C15H16O3S/c1-15(17-9-10-18-15)13-8-7-12(19-13)14(16)11-5-3-2-4-6-11/h2-8,14,16H,9-10H2,1H3/t14-/m0/s1. The normalized spacial score (nSPS) is 19.5. The molecular formula is C15H16O3S. The lowest BCUT2D eigenvalue weighted by atomic mass is 10.1. The third-order valence-electron chi connectivity index (χ3n) is 3.30. The lowest BCUT2D eigenvalue weighted by molar-refractivity contribution is -0.146. The first-order valence-electron chi connectivity index (χ1n) is 6.30. The Morgan fingerprint density at radius 2 is 1.79 bits per heavy atom. The molecular weight excluding hydrogens is 260 g/mol. The molecule has 1 aliphatic rings. The summed E-state index contributed by atoms with van der Waals surface area (Å²) >= 11 is 1.53. The quantitative estimate of drug-likeness (QED) is 0.936. The molecule has 0 spiro atoms.